The minimum Gasteiger partial charge on any atom is -0.393 e. The molecule has 2 atom stereocenters. The van der Waals surface area contributed by atoms with E-state index < -0.39 is 12.3 Å². The lowest BCUT2D eigenvalue weighted by atomic mass is 9.87. The van der Waals surface area contributed by atoms with Crippen molar-refractivity contribution >= 4 is 0 Å². The first-order valence-corrected chi connectivity index (χ1v) is 4.82. The summed E-state index contributed by atoms with van der Waals surface area (Å²) < 4.78 is 14.1. The van der Waals surface area contributed by atoms with Gasteiger partial charge in [-0.2, -0.15) is 0 Å². The molecule has 0 amide bonds. The van der Waals surface area contributed by atoms with Gasteiger partial charge >= 0.3 is 0 Å². The molecular formula is C11H14FNO. The summed E-state index contributed by atoms with van der Waals surface area (Å²) in [4.78, 5) is 0. The van der Waals surface area contributed by atoms with E-state index in [9.17, 15) is 4.39 Å². The highest BCUT2D eigenvalue weighted by molar-refractivity contribution is 5.25. The van der Waals surface area contributed by atoms with Crippen LogP contribution in [0.25, 0.3) is 0 Å². The molecule has 0 spiro atoms. The van der Waals surface area contributed by atoms with Gasteiger partial charge in [0.25, 0.3) is 0 Å². The Bertz CT molecular complexity index is 303. The zero-order valence-electron chi connectivity index (χ0n) is 7.91. The van der Waals surface area contributed by atoms with Gasteiger partial charge in [0, 0.05) is 19.0 Å². The van der Waals surface area contributed by atoms with Crippen LogP contribution >= 0.6 is 0 Å². The molecule has 1 heterocycles. The zero-order valence-corrected chi connectivity index (χ0v) is 7.91. The van der Waals surface area contributed by atoms with Crippen LogP contribution in [0.2, 0.25) is 0 Å². The van der Waals surface area contributed by atoms with E-state index in [2.05, 4.69) is 5.32 Å². The van der Waals surface area contributed by atoms with Crippen LogP contribution in [0.5, 0.6) is 0 Å². The standard InChI is InChI=1S/C11H14FNO/c12-11(8-14)7-13-6-10(11)9-4-2-1-3-5-9/h1-5,10,13-14H,6-8H2/t10-,11+/m0/s1. The fraction of sp³-hybridized carbons (Fsp3) is 0.455. The van der Waals surface area contributed by atoms with Gasteiger partial charge in [0.15, 0.2) is 5.67 Å². The highest BCUT2D eigenvalue weighted by Crippen LogP contribution is 2.34. The van der Waals surface area contributed by atoms with Crippen LogP contribution in [0.1, 0.15) is 11.5 Å². The van der Waals surface area contributed by atoms with Crippen molar-refractivity contribution in [2.24, 2.45) is 0 Å². The highest BCUT2D eigenvalue weighted by atomic mass is 19.1. The van der Waals surface area contributed by atoms with E-state index in [4.69, 9.17) is 5.11 Å². The van der Waals surface area contributed by atoms with Crippen molar-refractivity contribution in [3.05, 3.63) is 35.9 Å². The van der Waals surface area contributed by atoms with E-state index in [1.54, 1.807) is 0 Å². The number of aliphatic hydroxyl groups is 1. The molecule has 0 unspecified atom stereocenters. The van der Waals surface area contributed by atoms with Gasteiger partial charge in [-0.25, -0.2) is 4.39 Å². The van der Waals surface area contributed by atoms with Crippen LogP contribution < -0.4 is 5.32 Å². The minimum atomic E-state index is -1.50. The van der Waals surface area contributed by atoms with Gasteiger partial charge < -0.3 is 10.4 Å². The summed E-state index contributed by atoms with van der Waals surface area (Å²) in [5, 5.41) is 12.0. The summed E-state index contributed by atoms with van der Waals surface area (Å²) in [6.07, 6.45) is 0. The summed E-state index contributed by atoms with van der Waals surface area (Å²) in [6.45, 7) is 0.420. The fourth-order valence-corrected chi connectivity index (χ4v) is 2.00. The van der Waals surface area contributed by atoms with Gasteiger partial charge in [0.2, 0.25) is 0 Å². The molecule has 1 aliphatic rings. The number of hydrogen-bond acceptors (Lipinski definition) is 2. The van der Waals surface area contributed by atoms with Gasteiger partial charge in [-0.05, 0) is 5.56 Å². The maximum absolute atomic E-state index is 14.1. The third-order valence-electron chi connectivity index (χ3n) is 2.86. The first kappa shape index (κ1) is 9.62. The Morgan fingerprint density at radius 3 is 2.79 bits per heavy atom. The molecule has 1 aromatic rings. The van der Waals surface area contributed by atoms with Crippen LogP contribution in [0.15, 0.2) is 30.3 Å². The molecule has 0 bridgehead atoms. The molecule has 14 heavy (non-hydrogen) atoms. The molecule has 2 N–H and O–H groups in total. The average molecular weight is 195 g/mol. The number of aliphatic hydroxyl groups excluding tert-OH is 1. The van der Waals surface area contributed by atoms with E-state index in [0.717, 1.165) is 5.56 Å². The summed E-state index contributed by atoms with van der Waals surface area (Å²) in [5.74, 6) is -0.228. The first-order valence-electron chi connectivity index (χ1n) is 4.82. The van der Waals surface area contributed by atoms with E-state index in [-0.39, 0.29) is 12.5 Å². The van der Waals surface area contributed by atoms with Gasteiger partial charge in [-0.3, -0.25) is 0 Å². The summed E-state index contributed by atoms with van der Waals surface area (Å²) in [5.41, 5.74) is -0.546. The lowest BCUT2D eigenvalue weighted by Gasteiger charge is -2.24. The predicted octanol–water partition coefficient (Wildman–Crippen LogP) is 1.07. The maximum Gasteiger partial charge on any atom is 0.154 e. The molecule has 76 valence electrons. The second-order valence-corrected chi connectivity index (χ2v) is 3.79. The second kappa shape index (κ2) is 3.67. The van der Waals surface area contributed by atoms with Crippen molar-refractivity contribution in [1.82, 2.24) is 5.32 Å². The lowest BCUT2D eigenvalue weighted by Crippen LogP contribution is -2.35. The normalized spacial score (nSPS) is 32.0. The van der Waals surface area contributed by atoms with Crippen molar-refractivity contribution in [2.75, 3.05) is 19.7 Å². The van der Waals surface area contributed by atoms with Gasteiger partial charge in [-0.1, -0.05) is 30.3 Å². The van der Waals surface area contributed by atoms with Crippen LogP contribution in [-0.2, 0) is 0 Å². The summed E-state index contributed by atoms with van der Waals surface area (Å²) in [7, 11) is 0. The Morgan fingerprint density at radius 1 is 1.43 bits per heavy atom. The topological polar surface area (TPSA) is 32.3 Å². The third-order valence-corrected chi connectivity index (χ3v) is 2.86. The highest BCUT2D eigenvalue weighted by Gasteiger charge is 2.43. The molecule has 0 aromatic heterocycles. The van der Waals surface area contributed by atoms with Crippen LogP contribution in [0.4, 0.5) is 4.39 Å². The molecule has 0 aliphatic carbocycles. The van der Waals surface area contributed by atoms with Crippen molar-refractivity contribution in [3.63, 3.8) is 0 Å². The van der Waals surface area contributed by atoms with Crippen molar-refractivity contribution in [2.45, 2.75) is 11.6 Å². The Hall–Kier alpha value is -0.930. The second-order valence-electron chi connectivity index (χ2n) is 3.79. The van der Waals surface area contributed by atoms with Gasteiger partial charge in [-0.15, -0.1) is 0 Å². The zero-order chi connectivity index (χ0) is 10.0. The predicted molar refractivity (Wildman–Crippen MR) is 53.0 cm³/mol. The Kier molecular flexibility index (Phi) is 2.52. The van der Waals surface area contributed by atoms with Crippen LogP contribution in [0, 0.1) is 0 Å². The molecule has 1 saturated heterocycles. The molecule has 1 fully saturated rings. The SMILES string of the molecule is OC[C@]1(F)CNC[C@H]1c1ccccc1. The van der Waals surface area contributed by atoms with Crippen LogP contribution in [0.3, 0.4) is 0 Å². The fourth-order valence-electron chi connectivity index (χ4n) is 2.00. The van der Waals surface area contributed by atoms with E-state index in [1.165, 1.54) is 0 Å². The Balaban J connectivity index is 2.26. The van der Waals surface area contributed by atoms with E-state index in [0.29, 0.717) is 6.54 Å². The molecular weight excluding hydrogens is 181 g/mol. The molecule has 2 rings (SSSR count). The van der Waals surface area contributed by atoms with Gasteiger partial charge in [0.05, 0.1) is 6.61 Å². The molecule has 0 radical (unpaired) electrons. The Morgan fingerprint density at radius 2 is 2.14 bits per heavy atom. The number of rotatable bonds is 2. The number of alkyl halides is 1. The quantitative estimate of drug-likeness (QED) is 0.740. The smallest absolute Gasteiger partial charge is 0.154 e. The van der Waals surface area contributed by atoms with Crippen molar-refractivity contribution < 1.29 is 9.50 Å². The third kappa shape index (κ3) is 1.53. The monoisotopic (exact) mass is 195 g/mol. The number of benzene rings is 1. The average Bonchev–Trinajstić information content (AvgIpc) is 2.63. The van der Waals surface area contributed by atoms with Crippen LogP contribution in [-0.4, -0.2) is 30.5 Å². The number of hydrogen-bond donors (Lipinski definition) is 2. The molecule has 3 heteroatoms. The summed E-state index contributed by atoms with van der Waals surface area (Å²) >= 11 is 0. The molecule has 1 aromatic carbocycles. The summed E-state index contributed by atoms with van der Waals surface area (Å²) in [6, 6.07) is 9.50. The maximum atomic E-state index is 14.1. The molecule has 0 saturated carbocycles. The first-order chi connectivity index (χ1) is 6.76. The largest absolute Gasteiger partial charge is 0.393 e. The van der Waals surface area contributed by atoms with Crippen molar-refractivity contribution in [3.8, 4) is 0 Å². The molecule has 1 aliphatic heterocycles. The number of nitrogens with one attached hydrogen (secondary N) is 1. The number of halogens is 1. The lowest BCUT2D eigenvalue weighted by molar-refractivity contribution is 0.0739. The van der Waals surface area contributed by atoms with E-state index in [1.807, 2.05) is 30.3 Å². The van der Waals surface area contributed by atoms with Gasteiger partial charge in [0.1, 0.15) is 0 Å². The van der Waals surface area contributed by atoms with E-state index >= 15 is 0 Å². The molecule has 2 nitrogen and oxygen atoms in total. The van der Waals surface area contributed by atoms with Crippen molar-refractivity contribution in [1.29, 1.82) is 0 Å². The Labute approximate surface area is 82.8 Å². The minimum absolute atomic E-state index is 0.228.